The molecule has 0 bridgehead atoms. The Kier molecular flexibility index (Phi) is 5.34. The number of nitrogens with one attached hydrogen (secondary N) is 1. The highest BCUT2D eigenvalue weighted by Gasteiger charge is 2.30. The van der Waals surface area contributed by atoms with Crippen molar-refractivity contribution in [2.45, 2.75) is 26.4 Å². The third-order valence-corrected chi connectivity index (χ3v) is 4.64. The fraction of sp³-hybridized carbons (Fsp3) is 0.353. The Labute approximate surface area is 134 Å². The van der Waals surface area contributed by atoms with E-state index in [1.54, 1.807) is 29.5 Å². The Morgan fingerprint density at radius 3 is 2.68 bits per heavy atom. The molecule has 3 N–H and O–H groups in total. The maximum Gasteiger partial charge on any atom is 0.335 e. The highest BCUT2D eigenvalue weighted by atomic mass is 32.1. The largest absolute Gasteiger partial charge is 0.478 e. The van der Waals surface area contributed by atoms with E-state index in [4.69, 9.17) is 5.11 Å². The van der Waals surface area contributed by atoms with E-state index in [0.717, 1.165) is 10.4 Å². The summed E-state index contributed by atoms with van der Waals surface area (Å²) in [6.45, 7) is 4.64. The molecule has 0 saturated carbocycles. The van der Waals surface area contributed by atoms with Gasteiger partial charge in [0.25, 0.3) is 0 Å². The third kappa shape index (κ3) is 3.94. The first-order chi connectivity index (χ1) is 10.4. The summed E-state index contributed by atoms with van der Waals surface area (Å²) in [4.78, 5) is 12.2. The number of aromatic carboxylic acids is 1. The van der Waals surface area contributed by atoms with Crippen LogP contribution in [0.25, 0.3) is 0 Å². The van der Waals surface area contributed by atoms with E-state index < -0.39 is 5.97 Å². The van der Waals surface area contributed by atoms with E-state index in [-0.39, 0.29) is 23.6 Å². The van der Waals surface area contributed by atoms with Gasteiger partial charge in [-0.2, -0.15) is 0 Å². The number of carboxylic acids is 1. The SMILES string of the molecule is CC(C)(CO)C(NCc1cccc(C(=O)O)c1)c1cccs1. The van der Waals surface area contributed by atoms with Crippen LogP contribution in [0.5, 0.6) is 0 Å². The van der Waals surface area contributed by atoms with E-state index in [9.17, 15) is 9.90 Å². The number of carboxylic acid groups (broad SMARTS) is 1. The highest BCUT2D eigenvalue weighted by Crippen LogP contribution is 2.35. The number of benzene rings is 1. The Morgan fingerprint density at radius 1 is 1.32 bits per heavy atom. The van der Waals surface area contributed by atoms with Gasteiger partial charge in [-0.15, -0.1) is 11.3 Å². The molecule has 118 valence electrons. The summed E-state index contributed by atoms with van der Waals surface area (Å²) in [5.41, 5.74) is 0.888. The second-order valence-electron chi connectivity index (χ2n) is 5.98. The zero-order valence-electron chi connectivity index (χ0n) is 12.7. The molecule has 0 saturated heterocycles. The van der Waals surface area contributed by atoms with Gasteiger partial charge >= 0.3 is 5.97 Å². The Morgan fingerprint density at radius 2 is 2.09 bits per heavy atom. The summed E-state index contributed by atoms with van der Waals surface area (Å²) in [5.74, 6) is -0.924. The number of hydrogen-bond donors (Lipinski definition) is 3. The summed E-state index contributed by atoms with van der Waals surface area (Å²) >= 11 is 1.65. The molecule has 0 aliphatic rings. The molecule has 1 atom stereocenters. The summed E-state index contributed by atoms with van der Waals surface area (Å²) in [6.07, 6.45) is 0. The van der Waals surface area contributed by atoms with Crippen LogP contribution >= 0.6 is 11.3 Å². The average Bonchev–Trinajstić information content (AvgIpc) is 3.01. The van der Waals surface area contributed by atoms with Crippen molar-refractivity contribution in [1.29, 1.82) is 0 Å². The minimum Gasteiger partial charge on any atom is -0.478 e. The Hall–Kier alpha value is -1.69. The summed E-state index contributed by atoms with van der Waals surface area (Å²) in [6, 6.07) is 11.0. The lowest BCUT2D eigenvalue weighted by molar-refractivity contribution is 0.0696. The number of thiophene rings is 1. The van der Waals surface area contributed by atoms with Crippen molar-refractivity contribution in [3.8, 4) is 0 Å². The number of carbonyl (C=O) groups is 1. The maximum absolute atomic E-state index is 11.0. The molecule has 2 rings (SSSR count). The van der Waals surface area contributed by atoms with E-state index in [1.165, 1.54) is 0 Å². The molecule has 1 aromatic carbocycles. The van der Waals surface area contributed by atoms with Crippen LogP contribution in [-0.4, -0.2) is 22.8 Å². The number of hydrogen-bond acceptors (Lipinski definition) is 4. The predicted octanol–water partition coefficient (Wildman–Crippen LogP) is 3.30. The third-order valence-electron chi connectivity index (χ3n) is 3.70. The van der Waals surface area contributed by atoms with Gasteiger partial charge in [-0.3, -0.25) is 0 Å². The van der Waals surface area contributed by atoms with Gasteiger partial charge < -0.3 is 15.5 Å². The van der Waals surface area contributed by atoms with Crippen molar-refractivity contribution in [2.75, 3.05) is 6.61 Å². The molecule has 0 fully saturated rings. The quantitative estimate of drug-likeness (QED) is 0.732. The van der Waals surface area contributed by atoms with Gasteiger partial charge in [0.2, 0.25) is 0 Å². The first-order valence-electron chi connectivity index (χ1n) is 7.14. The van der Waals surface area contributed by atoms with Crippen LogP contribution in [0, 0.1) is 5.41 Å². The van der Waals surface area contributed by atoms with Gasteiger partial charge in [-0.1, -0.05) is 32.0 Å². The average molecular weight is 319 g/mol. The lowest BCUT2D eigenvalue weighted by Crippen LogP contribution is -2.36. The van der Waals surface area contributed by atoms with Crippen molar-refractivity contribution in [2.24, 2.45) is 5.41 Å². The molecular formula is C17H21NO3S. The monoisotopic (exact) mass is 319 g/mol. The molecule has 0 radical (unpaired) electrons. The van der Waals surface area contributed by atoms with E-state index in [2.05, 4.69) is 5.32 Å². The van der Waals surface area contributed by atoms with Gasteiger partial charge in [-0.25, -0.2) is 4.79 Å². The van der Waals surface area contributed by atoms with Crippen LogP contribution in [0.1, 0.15) is 40.7 Å². The smallest absolute Gasteiger partial charge is 0.335 e. The first kappa shape index (κ1) is 16.7. The van der Waals surface area contributed by atoms with Crippen molar-refractivity contribution in [1.82, 2.24) is 5.32 Å². The van der Waals surface area contributed by atoms with Crippen LogP contribution in [0.2, 0.25) is 0 Å². The Balaban J connectivity index is 2.15. The van der Waals surface area contributed by atoms with Gasteiger partial charge in [0, 0.05) is 22.9 Å². The molecule has 1 unspecified atom stereocenters. The molecule has 1 aromatic heterocycles. The van der Waals surface area contributed by atoms with Crippen LogP contribution in [-0.2, 0) is 6.54 Å². The summed E-state index contributed by atoms with van der Waals surface area (Å²) in [7, 11) is 0. The number of aliphatic hydroxyl groups excluding tert-OH is 1. The standard InChI is InChI=1S/C17H21NO3S/c1-17(2,11-19)15(14-7-4-8-22-14)18-10-12-5-3-6-13(9-12)16(20)21/h3-9,15,18-19H,10-11H2,1-2H3,(H,20,21). The van der Waals surface area contributed by atoms with Crippen LogP contribution in [0.15, 0.2) is 41.8 Å². The molecule has 2 aromatic rings. The van der Waals surface area contributed by atoms with Crippen molar-refractivity contribution in [3.63, 3.8) is 0 Å². The van der Waals surface area contributed by atoms with Crippen molar-refractivity contribution >= 4 is 17.3 Å². The predicted molar refractivity (Wildman–Crippen MR) is 88.2 cm³/mol. The summed E-state index contributed by atoms with van der Waals surface area (Å²) < 4.78 is 0. The molecule has 0 aliphatic heterocycles. The lowest BCUT2D eigenvalue weighted by Gasteiger charge is -2.33. The second kappa shape index (κ2) is 7.05. The van der Waals surface area contributed by atoms with Crippen LogP contribution in [0.4, 0.5) is 0 Å². The van der Waals surface area contributed by atoms with E-state index in [0.29, 0.717) is 6.54 Å². The molecular weight excluding hydrogens is 298 g/mol. The van der Waals surface area contributed by atoms with Crippen molar-refractivity contribution < 1.29 is 15.0 Å². The Bertz CT molecular complexity index is 623. The van der Waals surface area contributed by atoms with Gasteiger partial charge in [0.05, 0.1) is 12.2 Å². The first-order valence-corrected chi connectivity index (χ1v) is 8.02. The lowest BCUT2D eigenvalue weighted by atomic mass is 9.84. The highest BCUT2D eigenvalue weighted by molar-refractivity contribution is 7.10. The maximum atomic E-state index is 11.0. The molecule has 22 heavy (non-hydrogen) atoms. The van der Waals surface area contributed by atoms with Gasteiger partial charge in [0.15, 0.2) is 0 Å². The van der Waals surface area contributed by atoms with Crippen LogP contribution < -0.4 is 5.32 Å². The fourth-order valence-electron chi connectivity index (χ4n) is 2.34. The fourth-order valence-corrected chi connectivity index (χ4v) is 3.35. The molecule has 0 aliphatic carbocycles. The van der Waals surface area contributed by atoms with Gasteiger partial charge in [-0.05, 0) is 29.1 Å². The summed E-state index contributed by atoms with van der Waals surface area (Å²) in [5, 5.41) is 24.2. The topological polar surface area (TPSA) is 69.6 Å². The van der Waals surface area contributed by atoms with Gasteiger partial charge in [0.1, 0.15) is 0 Å². The molecule has 1 heterocycles. The minimum atomic E-state index is -0.924. The van der Waals surface area contributed by atoms with Crippen molar-refractivity contribution in [3.05, 3.63) is 57.8 Å². The number of rotatable bonds is 7. The van der Waals surface area contributed by atoms with E-state index >= 15 is 0 Å². The molecule has 0 spiro atoms. The van der Waals surface area contributed by atoms with Crippen LogP contribution in [0.3, 0.4) is 0 Å². The normalized spacial score (nSPS) is 13.0. The zero-order chi connectivity index (χ0) is 16.2. The zero-order valence-corrected chi connectivity index (χ0v) is 13.6. The molecule has 4 nitrogen and oxygen atoms in total. The second-order valence-corrected chi connectivity index (χ2v) is 6.96. The minimum absolute atomic E-state index is 0.00554. The molecule has 0 amide bonds. The number of aliphatic hydroxyl groups is 1. The van der Waals surface area contributed by atoms with E-state index in [1.807, 2.05) is 37.4 Å². The molecule has 5 heteroatoms.